The maximum atomic E-state index is 11.7. The molecule has 2 heterocycles. The zero-order chi connectivity index (χ0) is 13.6. The Labute approximate surface area is 112 Å². The molecule has 0 radical (unpaired) electrons. The monoisotopic (exact) mass is 256 g/mol. The molecule has 2 aliphatic rings. The minimum atomic E-state index is -0.443. The van der Waals surface area contributed by atoms with Crippen LogP contribution in [0.3, 0.4) is 0 Å². The van der Waals surface area contributed by atoms with E-state index in [4.69, 9.17) is 0 Å². The van der Waals surface area contributed by atoms with Crippen molar-refractivity contribution in [3.8, 4) is 0 Å². The number of hydrogen-bond acceptors (Lipinski definition) is 3. The Kier molecular flexibility index (Phi) is 2.66. The van der Waals surface area contributed by atoms with E-state index in [0.29, 0.717) is 5.56 Å². The van der Waals surface area contributed by atoms with Gasteiger partial charge >= 0.3 is 0 Å². The van der Waals surface area contributed by atoms with E-state index in [0.717, 1.165) is 30.9 Å². The number of fused-ring (bicyclic) bond motifs is 1. The van der Waals surface area contributed by atoms with Gasteiger partial charge in [-0.15, -0.1) is 0 Å². The van der Waals surface area contributed by atoms with Gasteiger partial charge in [0.25, 0.3) is 11.7 Å². The standard InChI is InChI=1S/C15H16N2O2/c1-10-4-3-7-17(9-10)11-5-6-12-13(8-11)16(2)15(19)14(12)18/h4-6,8H,3,7,9H2,1-2H3. The molecule has 0 saturated heterocycles. The highest BCUT2D eigenvalue weighted by atomic mass is 16.2. The summed E-state index contributed by atoms with van der Waals surface area (Å²) in [7, 11) is 1.65. The Bertz CT molecular complexity index is 604. The van der Waals surface area contributed by atoms with Gasteiger partial charge in [0, 0.05) is 25.8 Å². The fourth-order valence-corrected chi connectivity index (χ4v) is 2.69. The second kappa shape index (κ2) is 4.23. The van der Waals surface area contributed by atoms with Crippen molar-refractivity contribution in [3.63, 3.8) is 0 Å². The van der Waals surface area contributed by atoms with Gasteiger partial charge in [0.05, 0.1) is 11.3 Å². The van der Waals surface area contributed by atoms with Gasteiger partial charge in [0.15, 0.2) is 0 Å². The molecule has 0 saturated carbocycles. The summed E-state index contributed by atoms with van der Waals surface area (Å²) < 4.78 is 0. The highest BCUT2D eigenvalue weighted by Gasteiger charge is 2.33. The Hall–Kier alpha value is -2.10. The van der Waals surface area contributed by atoms with Crippen LogP contribution >= 0.6 is 0 Å². The molecule has 4 heteroatoms. The number of benzene rings is 1. The fourth-order valence-electron chi connectivity index (χ4n) is 2.69. The molecule has 19 heavy (non-hydrogen) atoms. The topological polar surface area (TPSA) is 40.6 Å². The van der Waals surface area contributed by atoms with Crippen molar-refractivity contribution in [3.05, 3.63) is 35.4 Å². The number of rotatable bonds is 1. The van der Waals surface area contributed by atoms with Gasteiger partial charge in [-0.2, -0.15) is 0 Å². The highest BCUT2D eigenvalue weighted by molar-refractivity contribution is 6.52. The fraction of sp³-hybridized carbons (Fsp3) is 0.333. The van der Waals surface area contributed by atoms with Crippen LogP contribution in [0.15, 0.2) is 29.8 Å². The number of Topliss-reactive ketones (excluding diaryl/α,β-unsaturated/α-hetero) is 1. The maximum absolute atomic E-state index is 11.7. The van der Waals surface area contributed by atoms with E-state index in [9.17, 15) is 9.59 Å². The molecular formula is C15H16N2O2. The van der Waals surface area contributed by atoms with Crippen molar-refractivity contribution >= 4 is 23.1 Å². The van der Waals surface area contributed by atoms with Crippen molar-refractivity contribution in [2.45, 2.75) is 13.3 Å². The highest BCUT2D eigenvalue weighted by Crippen LogP contribution is 2.32. The zero-order valence-corrected chi connectivity index (χ0v) is 11.1. The lowest BCUT2D eigenvalue weighted by atomic mass is 10.1. The first-order valence-electron chi connectivity index (χ1n) is 6.45. The van der Waals surface area contributed by atoms with Crippen LogP contribution in [0.2, 0.25) is 0 Å². The Morgan fingerprint density at radius 1 is 1.21 bits per heavy atom. The Morgan fingerprint density at radius 3 is 2.74 bits per heavy atom. The van der Waals surface area contributed by atoms with Crippen LogP contribution in [0.1, 0.15) is 23.7 Å². The molecule has 4 nitrogen and oxygen atoms in total. The molecule has 0 N–H and O–H groups in total. The van der Waals surface area contributed by atoms with Crippen LogP contribution in [-0.2, 0) is 4.79 Å². The molecule has 0 unspecified atom stereocenters. The molecule has 1 aromatic rings. The largest absolute Gasteiger partial charge is 0.367 e. The number of ketones is 1. The number of anilines is 2. The van der Waals surface area contributed by atoms with Crippen LogP contribution in [0, 0.1) is 0 Å². The molecule has 3 rings (SSSR count). The number of carbonyl (C=O) groups is 2. The molecule has 1 aromatic carbocycles. The molecular weight excluding hydrogens is 240 g/mol. The number of amides is 1. The van der Waals surface area contributed by atoms with Crippen LogP contribution < -0.4 is 9.80 Å². The minimum absolute atomic E-state index is 0.404. The van der Waals surface area contributed by atoms with Crippen molar-refractivity contribution in [1.29, 1.82) is 0 Å². The van der Waals surface area contributed by atoms with E-state index in [1.54, 1.807) is 13.1 Å². The predicted octanol–water partition coefficient (Wildman–Crippen LogP) is 2.00. The van der Waals surface area contributed by atoms with Crippen molar-refractivity contribution in [2.24, 2.45) is 0 Å². The number of nitrogens with zero attached hydrogens (tertiary/aromatic N) is 2. The molecule has 0 atom stereocenters. The van der Waals surface area contributed by atoms with Crippen LogP contribution in [0.25, 0.3) is 0 Å². The minimum Gasteiger partial charge on any atom is -0.367 e. The number of hydrogen-bond donors (Lipinski definition) is 0. The molecule has 2 aliphatic heterocycles. The first-order valence-corrected chi connectivity index (χ1v) is 6.45. The van der Waals surface area contributed by atoms with Gasteiger partial charge in [-0.25, -0.2) is 0 Å². The van der Waals surface area contributed by atoms with Crippen LogP contribution in [-0.4, -0.2) is 31.8 Å². The van der Waals surface area contributed by atoms with E-state index in [1.165, 1.54) is 10.5 Å². The van der Waals surface area contributed by atoms with E-state index < -0.39 is 11.7 Å². The van der Waals surface area contributed by atoms with Crippen molar-refractivity contribution in [1.82, 2.24) is 0 Å². The lowest BCUT2D eigenvalue weighted by molar-refractivity contribution is -0.114. The number of likely N-dealkylation sites (N-methyl/N-ethyl adjacent to an activating group) is 1. The van der Waals surface area contributed by atoms with E-state index in [2.05, 4.69) is 17.9 Å². The van der Waals surface area contributed by atoms with Gasteiger partial charge in [0.2, 0.25) is 0 Å². The molecule has 0 spiro atoms. The SMILES string of the molecule is CC1=CCCN(c2ccc3c(c2)N(C)C(=O)C3=O)C1. The third-order valence-electron chi connectivity index (χ3n) is 3.78. The summed E-state index contributed by atoms with van der Waals surface area (Å²) in [6.07, 6.45) is 3.29. The first-order chi connectivity index (χ1) is 9.08. The van der Waals surface area contributed by atoms with Gasteiger partial charge in [-0.05, 0) is 31.5 Å². The number of carbonyl (C=O) groups excluding carboxylic acids is 2. The molecule has 1 amide bonds. The lowest BCUT2D eigenvalue weighted by Gasteiger charge is -2.29. The zero-order valence-electron chi connectivity index (χ0n) is 11.1. The second-order valence-corrected chi connectivity index (χ2v) is 5.16. The predicted molar refractivity (Wildman–Crippen MR) is 74.8 cm³/mol. The summed E-state index contributed by atoms with van der Waals surface area (Å²) in [6.45, 7) is 4.00. The third-order valence-corrected chi connectivity index (χ3v) is 3.78. The normalized spacial score (nSPS) is 18.7. The Morgan fingerprint density at radius 2 is 2.00 bits per heavy atom. The summed E-state index contributed by atoms with van der Waals surface area (Å²) >= 11 is 0. The quantitative estimate of drug-likeness (QED) is 0.570. The van der Waals surface area contributed by atoms with Gasteiger partial charge in [0.1, 0.15) is 0 Å². The van der Waals surface area contributed by atoms with Crippen molar-refractivity contribution < 1.29 is 9.59 Å². The average Bonchev–Trinajstić information content (AvgIpc) is 2.64. The lowest BCUT2D eigenvalue weighted by Crippen LogP contribution is -2.29. The third kappa shape index (κ3) is 1.84. The van der Waals surface area contributed by atoms with Crippen molar-refractivity contribution in [2.75, 3.05) is 29.9 Å². The molecule has 0 aliphatic carbocycles. The van der Waals surface area contributed by atoms with Gasteiger partial charge in [-0.1, -0.05) is 11.6 Å². The van der Waals surface area contributed by atoms with Gasteiger partial charge < -0.3 is 9.80 Å². The first kappa shape index (κ1) is 12.0. The Balaban J connectivity index is 1.97. The molecule has 0 fully saturated rings. The van der Waals surface area contributed by atoms with E-state index in [-0.39, 0.29) is 0 Å². The smallest absolute Gasteiger partial charge is 0.299 e. The summed E-state index contributed by atoms with van der Waals surface area (Å²) in [5.41, 5.74) is 3.66. The van der Waals surface area contributed by atoms with E-state index >= 15 is 0 Å². The summed E-state index contributed by atoms with van der Waals surface area (Å²) in [4.78, 5) is 27.1. The summed E-state index contributed by atoms with van der Waals surface area (Å²) in [5.74, 6) is -0.847. The summed E-state index contributed by atoms with van der Waals surface area (Å²) in [5, 5.41) is 0. The molecule has 0 aromatic heterocycles. The molecule has 98 valence electrons. The molecule has 0 bridgehead atoms. The van der Waals surface area contributed by atoms with Crippen LogP contribution in [0.4, 0.5) is 11.4 Å². The van der Waals surface area contributed by atoms with Gasteiger partial charge in [-0.3, -0.25) is 9.59 Å². The second-order valence-electron chi connectivity index (χ2n) is 5.16. The van der Waals surface area contributed by atoms with E-state index in [1.807, 2.05) is 12.1 Å². The van der Waals surface area contributed by atoms with Crippen LogP contribution in [0.5, 0.6) is 0 Å². The maximum Gasteiger partial charge on any atom is 0.299 e. The average molecular weight is 256 g/mol. The summed E-state index contributed by atoms with van der Waals surface area (Å²) in [6, 6.07) is 5.64.